The van der Waals surface area contributed by atoms with E-state index in [4.69, 9.17) is 9.47 Å². The van der Waals surface area contributed by atoms with Crippen LogP contribution in [-0.4, -0.2) is 30.7 Å². The summed E-state index contributed by atoms with van der Waals surface area (Å²) in [5.41, 5.74) is 1.69. The standard InChI is InChI=1S/C16H16O5/c1-20-15-8-10(3-5-14(15)19)7-12-13(18)6-4-11(9-17)16(12)21-2/h3-6,8-9,18-19H,7H2,1-2H3. The summed E-state index contributed by atoms with van der Waals surface area (Å²) in [6.07, 6.45) is 1.02. The van der Waals surface area contributed by atoms with Gasteiger partial charge in [0.05, 0.1) is 19.8 Å². The summed E-state index contributed by atoms with van der Waals surface area (Å²) in [6.45, 7) is 0. The molecule has 0 spiro atoms. The van der Waals surface area contributed by atoms with Crippen LogP contribution in [0, 0.1) is 0 Å². The van der Waals surface area contributed by atoms with Gasteiger partial charge in [-0.05, 0) is 29.8 Å². The molecule has 0 saturated heterocycles. The van der Waals surface area contributed by atoms with Crippen LogP contribution < -0.4 is 9.47 Å². The van der Waals surface area contributed by atoms with E-state index in [2.05, 4.69) is 0 Å². The molecule has 5 nitrogen and oxygen atoms in total. The Morgan fingerprint density at radius 1 is 1.05 bits per heavy atom. The number of carbonyl (C=O) groups is 1. The first kappa shape index (κ1) is 14.7. The Labute approximate surface area is 122 Å². The van der Waals surface area contributed by atoms with E-state index in [1.807, 2.05) is 0 Å². The SMILES string of the molecule is COc1cc(Cc2c(O)ccc(C=O)c2OC)ccc1O. The van der Waals surface area contributed by atoms with Crippen LogP contribution in [0.5, 0.6) is 23.0 Å². The highest BCUT2D eigenvalue weighted by atomic mass is 16.5. The Balaban J connectivity index is 2.46. The second kappa shape index (κ2) is 6.17. The Hall–Kier alpha value is -2.69. The van der Waals surface area contributed by atoms with Crippen molar-refractivity contribution < 1.29 is 24.5 Å². The third-order valence-corrected chi connectivity index (χ3v) is 3.22. The molecule has 0 aromatic heterocycles. The van der Waals surface area contributed by atoms with Crippen molar-refractivity contribution in [2.24, 2.45) is 0 Å². The van der Waals surface area contributed by atoms with Gasteiger partial charge in [-0.2, -0.15) is 0 Å². The second-order valence-electron chi connectivity index (χ2n) is 4.49. The molecular weight excluding hydrogens is 272 g/mol. The van der Waals surface area contributed by atoms with Crippen LogP contribution >= 0.6 is 0 Å². The molecule has 110 valence electrons. The molecule has 0 fully saturated rings. The maximum absolute atomic E-state index is 11.0. The number of carbonyl (C=O) groups excluding carboxylic acids is 1. The lowest BCUT2D eigenvalue weighted by molar-refractivity contribution is 0.112. The van der Waals surface area contributed by atoms with E-state index in [0.717, 1.165) is 5.56 Å². The molecule has 0 saturated carbocycles. The number of benzene rings is 2. The molecule has 2 aromatic carbocycles. The molecule has 0 aliphatic carbocycles. The minimum absolute atomic E-state index is 0.0408. The number of methoxy groups -OCH3 is 2. The highest BCUT2D eigenvalue weighted by Crippen LogP contribution is 2.34. The molecule has 0 unspecified atom stereocenters. The number of hydrogen-bond donors (Lipinski definition) is 2. The fraction of sp³-hybridized carbons (Fsp3) is 0.188. The van der Waals surface area contributed by atoms with Crippen molar-refractivity contribution in [1.82, 2.24) is 0 Å². The Kier molecular flexibility index (Phi) is 4.33. The van der Waals surface area contributed by atoms with Gasteiger partial charge in [-0.25, -0.2) is 0 Å². The monoisotopic (exact) mass is 288 g/mol. The first-order valence-corrected chi connectivity index (χ1v) is 6.30. The number of phenols is 2. The van der Waals surface area contributed by atoms with Crippen LogP contribution in [0.15, 0.2) is 30.3 Å². The molecule has 2 rings (SSSR count). The number of ether oxygens (including phenoxy) is 2. The topological polar surface area (TPSA) is 76.0 Å². The molecule has 0 aliphatic rings. The smallest absolute Gasteiger partial charge is 0.160 e. The predicted octanol–water partition coefficient (Wildman–Crippen LogP) is 2.52. The van der Waals surface area contributed by atoms with E-state index in [1.54, 1.807) is 12.1 Å². The molecular formula is C16H16O5. The van der Waals surface area contributed by atoms with Crippen molar-refractivity contribution in [3.8, 4) is 23.0 Å². The molecule has 0 amide bonds. The number of hydrogen-bond acceptors (Lipinski definition) is 5. The number of rotatable bonds is 5. The molecule has 0 bridgehead atoms. The lowest BCUT2D eigenvalue weighted by Gasteiger charge is -2.13. The molecule has 2 N–H and O–H groups in total. The van der Waals surface area contributed by atoms with E-state index in [-0.39, 0.29) is 11.5 Å². The lowest BCUT2D eigenvalue weighted by Crippen LogP contribution is -1.99. The summed E-state index contributed by atoms with van der Waals surface area (Å²) in [5, 5.41) is 19.6. The van der Waals surface area contributed by atoms with E-state index >= 15 is 0 Å². The third-order valence-electron chi connectivity index (χ3n) is 3.22. The van der Waals surface area contributed by atoms with Gasteiger partial charge in [0.15, 0.2) is 17.8 Å². The van der Waals surface area contributed by atoms with E-state index in [1.165, 1.54) is 32.4 Å². The van der Waals surface area contributed by atoms with Gasteiger partial charge < -0.3 is 19.7 Å². The first-order chi connectivity index (χ1) is 10.1. The first-order valence-electron chi connectivity index (χ1n) is 6.30. The summed E-state index contributed by atoms with van der Waals surface area (Å²) < 4.78 is 10.3. The van der Waals surface area contributed by atoms with Crippen molar-refractivity contribution >= 4 is 6.29 Å². The van der Waals surface area contributed by atoms with Gasteiger partial charge in [-0.15, -0.1) is 0 Å². The van der Waals surface area contributed by atoms with Crippen molar-refractivity contribution in [2.45, 2.75) is 6.42 Å². The van der Waals surface area contributed by atoms with Gasteiger partial charge in [0, 0.05) is 12.0 Å². The zero-order valence-electron chi connectivity index (χ0n) is 11.8. The minimum atomic E-state index is 0.0408. The zero-order valence-corrected chi connectivity index (χ0v) is 11.8. The van der Waals surface area contributed by atoms with Gasteiger partial charge in [0.2, 0.25) is 0 Å². The average Bonchev–Trinajstić information content (AvgIpc) is 2.50. The van der Waals surface area contributed by atoms with Crippen molar-refractivity contribution in [2.75, 3.05) is 14.2 Å². The van der Waals surface area contributed by atoms with Crippen LogP contribution in [0.4, 0.5) is 0 Å². The summed E-state index contributed by atoms with van der Waals surface area (Å²) in [4.78, 5) is 11.0. The summed E-state index contributed by atoms with van der Waals surface area (Å²) in [7, 11) is 2.91. The van der Waals surface area contributed by atoms with E-state index < -0.39 is 0 Å². The van der Waals surface area contributed by atoms with Gasteiger partial charge >= 0.3 is 0 Å². The zero-order chi connectivity index (χ0) is 15.4. The fourth-order valence-electron chi connectivity index (χ4n) is 2.18. The molecule has 0 atom stereocenters. The van der Waals surface area contributed by atoms with Crippen LogP contribution in [0.1, 0.15) is 21.5 Å². The van der Waals surface area contributed by atoms with Gasteiger partial charge in [-0.3, -0.25) is 4.79 Å². The van der Waals surface area contributed by atoms with Gasteiger partial charge in [0.1, 0.15) is 11.5 Å². The normalized spacial score (nSPS) is 10.2. The van der Waals surface area contributed by atoms with E-state index in [0.29, 0.717) is 35.3 Å². The molecule has 0 radical (unpaired) electrons. The third kappa shape index (κ3) is 2.91. The van der Waals surface area contributed by atoms with Gasteiger partial charge in [0.25, 0.3) is 0 Å². The predicted molar refractivity (Wildman–Crippen MR) is 77.5 cm³/mol. The van der Waals surface area contributed by atoms with Gasteiger partial charge in [-0.1, -0.05) is 6.07 Å². The van der Waals surface area contributed by atoms with Crippen molar-refractivity contribution in [1.29, 1.82) is 0 Å². The summed E-state index contributed by atoms with van der Waals surface area (Å²) in [5.74, 6) is 0.776. The summed E-state index contributed by atoms with van der Waals surface area (Å²) >= 11 is 0. The molecule has 0 heterocycles. The van der Waals surface area contributed by atoms with Crippen LogP contribution in [0.3, 0.4) is 0 Å². The lowest BCUT2D eigenvalue weighted by atomic mass is 10.00. The molecule has 0 aliphatic heterocycles. The number of aldehydes is 1. The highest BCUT2D eigenvalue weighted by Gasteiger charge is 2.15. The Bertz CT molecular complexity index is 664. The maximum atomic E-state index is 11.0. The largest absolute Gasteiger partial charge is 0.508 e. The van der Waals surface area contributed by atoms with E-state index in [9.17, 15) is 15.0 Å². The summed E-state index contributed by atoms with van der Waals surface area (Å²) in [6, 6.07) is 7.86. The Morgan fingerprint density at radius 2 is 1.76 bits per heavy atom. The van der Waals surface area contributed by atoms with Crippen molar-refractivity contribution in [3.63, 3.8) is 0 Å². The molecule has 5 heteroatoms. The highest BCUT2D eigenvalue weighted by molar-refractivity contribution is 5.81. The Morgan fingerprint density at radius 3 is 2.38 bits per heavy atom. The minimum Gasteiger partial charge on any atom is -0.508 e. The molecule has 21 heavy (non-hydrogen) atoms. The number of phenolic OH excluding ortho intramolecular Hbond substituents is 2. The average molecular weight is 288 g/mol. The maximum Gasteiger partial charge on any atom is 0.160 e. The molecule has 2 aromatic rings. The quantitative estimate of drug-likeness (QED) is 0.827. The fourth-order valence-corrected chi connectivity index (χ4v) is 2.18. The van der Waals surface area contributed by atoms with Crippen LogP contribution in [-0.2, 0) is 6.42 Å². The number of aromatic hydroxyl groups is 2. The van der Waals surface area contributed by atoms with Crippen LogP contribution in [0.25, 0.3) is 0 Å². The second-order valence-corrected chi connectivity index (χ2v) is 4.49. The van der Waals surface area contributed by atoms with Crippen molar-refractivity contribution in [3.05, 3.63) is 47.0 Å². The van der Waals surface area contributed by atoms with Crippen LogP contribution in [0.2, 0.25) is 0 Å².